The molecule has 0 spiro atoms. The van der Waals surface area contributed by atoms with E-state index in [9.17, 15) is 4.57 Å². The highest BCUT2D eigenvalue weighted by molar-refractivity contribution is 7.55. The predicted octanol–water partition coefficient (Wildman–Crippen LogP) is 5.75. The molecule has 1 aromatic carbocycles. The van der Waals surface area contributed by atoms with E-state index in [1.807, 2.05) is 13.8 Å². The van der Waals surface area contributed by atoms with Crippen molar-refractivity contribution in [3.63, 3.8) is 0 Å². The van der Waals surface area contributed by atoms with Crippen molar-refractivity contribution in [2.45, 2.75) is 59.8 Å². The van der Waals surface area contributed by atoms with Gasteiger partial charge in [-0.2, -0.15) is 0 Å². The van der Waals surface area contributed by atoms with Crippen LogP contribution in [0.25, 0.3) is 0 Å². The minimum Gasteiger partial charge on any atom is -0.293 e. The van der Waals surface area contributed by atoms with E-state index in [1.54, 1.807) is 0 Å². The minimum absolute atomic E-state index is 0.346. The van der Waals surface area contributed by atoms with Gasteiger partial charge in [0.05, 0.1) is 18.9 Å². The summed E-state index contributed by atoms with van der Waals surface area (Å²) in [5.41, 5.74) is 3.26. The van der Waals surface area contributed by atoms with Gasteiger partial charge in [0, 0.05) is 0 Å². The zero-order valence-corrected chi connectivity index (χ0v) is 15.4. The molecule has 0 fully saturated rings. The highest BCUT2D eigenvalue weighted by Crippen LogP contribution is 2.50. The molecule has 5 heteroatoms. The Morgan fingerprint density at radius 3 is 2.27 bits per heavy atom. The monoisotopic (exact) mass is 327 g/mol. The van der Waals surface area contributed by atoms with E-state index >= 15 is 0 Å². The van der Waals surface area contributed by atoms with Gasteiger partial charge in [-0.05, 0) is 43.7 Å². The number of nitrogens with one attached hydrogen (secondary N) is 1. The maximum atomic E-state index is 12.8. The van der Waals surface area contributed by atoms with Gasteiger partial charge in [0.25, 0.3) is 0 Å². The lowest BCUT2D eigenvalue weighted by Gasteiger charge is -2.24. The van der Waals surface area contributed by atoms with E-state index in [2.05, 4.69) is 44.1 Å². The van der Waals surface area contributed by atoms with Crippen LogP contribution in [0.2, 0.25) is 0 Å². The molecule has 1 unspecified atom stereocenters. The predicted molar refractivity (Wildman–Crippen MR) is 93.6 cm³/mol. The average Bonchev–Trinajstić information content (AvgIpc) is 2.49. The molecular formula is C17H30NO3P. The van der Waals surface area contributed by atoms with Crippen LogP contribution >= 0.6 is 7.75 Å². The number of aryl methyl sites for hydroxylation is 1. The first-order valence-electron chi connectivity index (χ1n) is 8.30. The first-order valence-corrected chi connectivity index (χ1v) is 9.84. The van der Waals surface area contributed by atoms with Crippen molar-refractivity contribution in [2.24, 2.45) is 0 Å². The molecule has 1 aromatic rings. The Balaban J connectivity index is 3.25. The van der Waals surface area contributed by atoms with Crippen molar-refractivity contribution in [3.8, 4) is 0 Å². The lowest BCUT2D eigenvalue weighted by Crippen LogP contribution is -2.10. The average molecular weight is 327 g/mol. The zero-order chi connectivity index (χ0) is 16.6. The summed E-state index contributed by atoms with van der Waals surface area (Å²) in [5.74, 6) is 0.385. The second kappa shape index (κ2) is 9.34. The molecule has 1 rings (SSSR count). The summed E-state index contributed by atoms with van der Waals surface area (Å²) in [5, 5.41) is 3.11. The van der Waals surface area contributed by atoms with Crippen LogP contribution in [0.3, 0.4) is 0 Å². The third-order valence-corrected chi connectivity index (χ3v) is 5.39. The van der Waals surface area contributed by atoms with Crippen molar-refractivity contribution < 1.29 is 13.6 Å². The standard InChI is InChI=1S/C17H30NO3P/c1-6-11-15-12-10-13-16(14(5)7-2)17(15)18-22(19,20-8-3)21-9-4/h10,12-14H,6-9,11H2,1-5H3,(H,18,19). The third kappa shape index (κ3) is 5.12. The topological polar surface area (TPSA) is 47.6 Å². The first kappa shape index (κ1) is 19.2. The number of benzene rings is 1. The lowest BCUT2D eigenvalue weighted by atomic mass is 9.93. The van der Waals surface area contributed by atoms with E-state index < -0.39 is 7.75 Å². The Morgan fingerprint density at radius 2 is 1.77 bits per heavy atom. The molecule has 4 nitrogen and oxygen atoms in total. The van der Waals surface area contributed by atoms with Crippen LogP contribution in [-0.2, 0) is 20.0 Å². The van der Waals surface area contributed by atoms with Crippen LogP contribution in [0.15, 0.2) is 18.2 Å². The molecule has 0 aliphatic carbocycles. The smallest absolute Gasteiger partial charge is 0.293 e. The number of para-hydroxylation sites is 1. The van der Waals surface area contributed by atoms with E-state index in [4.69, 9.17) is 9.05 Å². The molecule has 126 valence electrons. The normalized spacial score (nSPS) is 13.1. The SMILES string of the molecule is CCCc1cccc(C(C)CC)c1NP(=O)(OCC)OCC. The van der Waals surface area contributed by atoms with Gasteiger partial charge in [-0.25, -0.2) is 4.57 Å². The van der Waals surface area contributed by atoms with Gasteiger partial charge in [-0.3, -0.25) is 14.1 Å². The summed E-state index contributed by atoms with van der Waals surface area (Å²) >= 11 is 0. The molecule has 0 saturated heterocycles. The summed E-state index contributed by atoms with van der Waals surface area (Å²) in [4.78, 5) is 0. The molecule has 0 bridgehead atoms. The second-order valence-corrected chi connectivity index (χ2v) is 7.12. The number of rotatable bonds is 10. The maximum absolute atomic E-state index is 12.8. The molecule has 0 aromatic heterocycles. The van der Waals surface area contributed by atoms with Crippen LogP contribution in [0.5, 0.6) is 0 Å². The Morgan fingerprint density at radius 1 is 1.14 bits per heavy atom. The fraction of sp³-hybridized carbons (Fsp3) is 0.647. The molecule has 1 N–H and O–H groups in total. The molecule has 0 radical (unpaired) electrons. The van der Waals surface area contributed by atoms with Gasteiger partial charge < -0.3 is 0 Å². The molecule has 0 heterocycles. The van der Waals surface area contributed by atoms with Gasteiger partial charge in [-0.1, -0.05) is 45.4 Å². The molecule has 0 aliphatic rings. The molecule has 0 aliphatic heterocycles. The minimum atomic E-state index is -3.32. The van der Waals surface area contributed by atoms with Crippen LogP contribution in [0.4, 0.5) is 5.69 Å². The Hall–Kier alpha value is -0.830. The summed E-state index contributed by atoms with van der Waals surface area (Å²) in [6, 6.07) is 6.25. The molecular weight excluding hydrogens is 297 g/mol. The van der Waals surface area contributed by atoms with E-state index in [-0.39, 0.29) is 0 Å². The lowest BCUT2D eigenvalue weighted by molar-refractivity contribution is 0.225. The summed E-state index contributed by atoms with van der Waals surface area (Å²) < 4.78 is 23.6. The first-order chi connectivity index (χ1) is 10.5. The summed E-state index contributed by atoms with van der Waals surface area (Å²) in [6.45, 7) is 10.8. The van der Waals surface area contributed by atoms with Crippen molar-refractivity contribution in [1.82, 2.24) is 0 Å². The molecule has 0 amide bonds. The molecule has 0 saturated carbocycles. The van der Waals surface area contributed by atoms with E-state index in [0.717, 1.165) is 24.9 Å². The van der Waals surface area contributed by atoms with Gasteiger partial charge >= 0.3 is 7.75 Å². The summed E-state index contributed by atoms with van der Waals surface area (Å²) in [6.07, 6.45) is 2.99. The Kier molecular flexibility index (Phi) is 8.16. The van der Waals surface area contributed by atoms with Crippen LogP contribution < -0.4 is 5.09 Å². The Labute approximate surface area is 135 Å². The number of hydrogen-bond donors (Lipinski definition) is 1. The fourth-order valence-electron chi connectivity index (χ4n) is 2.44. The van der Waals surface area contributed by atoms with Gasteiger partial charge in [0.1, 0.15) is 0 Å². The van der Waals surface area contributed by atoms with Gasteiger partial charge in [-0.15, -0.1) is 0 Å². The van der Waals surface area contributed by atoms with Crippen LogP contribution in [0, 0.1) is 0 Å². The fourth-order valence-corrected chi connectivity index (χ4v) is 3.87. The highest BCUT2D eigenvalue weighted by Gasteiger charge is 2.26. The van der Waals surface area contributed by atoms with Crippen molar-refractivity contribution in [2.75, 3.05) is 18.3 Å². The van der Waals surface area contributed by atoms with Crippen molar-refractivity contribution >= 4 is 13.4 Å². The zero-order valence-electron chi connectivity index (χ0n) is 14.5. The van der Waals surface area contributed by atoms with Gasteiger partial charge in [0.15, 0.2) is 0 Å². The van der Waals surface area contributed by atoms with Crippen LogP contribution in [0.1, 0.15) is 64.5 Å². The maximum Gasteiger partial charge on any atom is 0.432 e. The molecule has 22 heavy (non-hydrogen) atoms. The van der Waals surface area contributed by atoms with E-state index in [1.165, 1.54) is 11.1 Å². The largest absolute Gasteiger partial charge is 0.432 e. The second-order valence-electron chi connectivity index (χ2n) is 5.39. The molecule has 1 atom stereocenters. The summed E-state index contributed by atoms with van der Waals surface area (Å²) in [7, 11) is -3.32. The Bertz CT molecular complexity index is 495. The van der Waals surface area contributed by atoms with Crippen molar-refractivity contribution in [1.29, 1.82) is 0 Å². The van der Waals surface area contributed by atoms with E-state index in [0.29, 0.717) is 19.1 Å². The quantitative estimate of drug-likeness (QED) is 0.556. The third-order valence-electron chi connectivity index (χ3n) is 3.69. The van der Waals surface area contributed by atoms with Crippen molar-refractivity contribution in [3.05, 3.63) is 29.3 Å². The number of anilines is 1. The van der Waals surface area contributed by atoms with Crippen LogP contribution in [-0.4, -0.2) is 13.2 Å². The number of hydrogen-bond acceptors (Lipinski definition) is 3. The highest BCUT2D eigenvalue weighted by atomic mass is 31.2. The van der Waals surface area contributed by atoms with Gasteiger partial charge in [0.2, 0.25) is 0 Å².